The van der Waals surface area contributed by atoms with Crippen LogP contribution in [0.1, 0.15) is 17.9 Å². The number of carboxylic acids is 1. The van der Waals surface area contributed by atoms with Crippen LogP contribution in [-0.2, 0) is 4.79 Å². The maximum absolute atomic E-state index is 11.0. The number of hydrogen-bond acceptors (Lipinski definition) is 5. The van der Waals surface area contributed by atoms with Crippen LogP contribution in [0.15, 0.2) is 6.07 Å². The minimum Gasteiger partial charge on any atom is -0.480 e. The van der Waals surface area contributed by atoms with Crippen molar-refractivity contribution in [2.24, 2.45) is 5.73 Å². The van der Waals surface area contributed by atoms with E-state index in [2.05, 4.69) is 9.97 Å². The van der Waals surface area contributed by atoms with Gasteiger partial charge in [-0.05, 0) is 20.3 Å². The minimum absolute atomic E-state index is 0.290. The Kier molecular flexibility index (Phi) is 2.74. The minimum atomic E-state index is -1.16. The molecule has 1 unspecified atom stereocenters. The molecule has 1 saturated heterocycles. The first kappa shape index (κ1) is 11.8. The molecule has 0 aliphatic carbocycles. The van der Waals surface area contributed by atoms with E-state index in [-0.39, 0.29) is 6.54 Å². The van der Waals surface area contributed by atoms with E-state index >= 15 is 0 Å². The summed E-state index contributed by atoms with van der Waals surface area (Å²) in [5.41, 5.74) is 5.53. The molecule has 1 aromatic heterocycles. The smallest absolute Gasteiger partial charge is 0.325 e. The Hall–Kier alpha value is -1.69. The molecule has 6 heteroatoms. The zero-order chi connectivity index (χ0) is 12.6. The van der Waals surface area contributed by atoms with Gasteiger partial charge in [-0.25, -0.2) is 9.97 Å². The van der Waals surface area contributed by atoms with Crippen molar-refractivity contribution < 1.29 is 9.90 Å². The average molecular weight is 236 g/mol. The Bertz CT molecular complexity index is 443. The molecule has 2 rings (SSSR count). The normalized spacial score (nSPS) is 24.1. The van der Waals surface area contributed by atoms with Gasteiger partial charge >= 0.3 is 5.97 Å². The number of rotatable bonds is 2. The SMILES string of the molecule is Cc1cc(N2CCC(N)(C(=O)O)C2)nc(C)n1. The molecule has 6 nitrogen and oxygen atoms in total. The molecular weight excluding hydrogens is 220 g/mol. The lowest BCUT2D eigenvalue weighted by Gasteiger charge is -2.21. The molecule has 1 atom stereocenters. The second-order valence-corrected chi connectivity index (χ2v) is 4.55. The fraction of sp³-hybridized carbons (Fsp3) is 0.545. The highest BCUT2D eigenvalue weighted by molar-refractivity contribution is 5.80. The largest absolute Gasteiger partial charge is 0.480 e. The van der Waals surface area contributed by atoms with Crippen LogP contribution in [0.5, 0.6) is 0 Å². The van der Waals surface area contributed by atoms with Gasteiger partial charge in [0.15, 0.2) is 0 Å². The Morgan fingerprint density at radius 1 is 1.53 bits per heavy atom. The number of aromatic nitrogens is 2. The third-order valence-electron chi connectivity index (χ3n) is 3.00. The maximum atomic E-state index is 11.0. The summed E-state index contributed by atoms with van der Waals surface area (Å²) in [6, 6.07) is 1.85. The van der Waals surface area contributed by atoms with E-state index in [9.17, 15) is 4.79 Å². The molecule has 0 radical (unpaired) electrons. The summed E-state index contributed by atoms with van der Waals surface area (Å²) >= 11 is 0. The van der Waals surface area contributed by atoms with Crippen LogP contribution < -0.4 is 10.6 Å². The highest BCUT2D eigenvalue weighted by atomic mass is 16.4. The van der Waals surface area contributed by atoms with Crippen molar-refractivity contribution in [3.63, 3.8) is 0 Å². The highest BCUT2D eigenvalue weighted by Crippen LogP contribution is 2.24. The standard InChI is InChI=1S/C11H16N4O2/c1-7-5-9(14-8(2)13-7)15-4-3-11(12,6-15)10(16)17/h5H,3-4,6,12H2,1-2H3,(H,16,17). The molecule has 0 saturated carbocycles. The summed E-state index contributed by atoms with van der Waals surface area (Å²) in [7, 11) is 0. The third-order valence-corrected chi connectivity index (χ3v) is 3.00. The number of nitrogens with zero attached hydrogens (tertiary/aromatic N) is 3. The van der Waals surface area contributed by atoms with Crippen LogP contribution in [0.2, 0.25) is 0 Å². The number of aryl methyl sites for hydroxylation is 2. The van der Waals surface area contributed by atoms with E-state index in [0.717, 1.165) is 11.5 Å². The van der Waals surface area contributed by atoms with Crippen LogP contribution >= 0.6 is 0 Å². The molecule has 1 aliphatic heterocycles. The van der Waals surface area contributed by atoms with Crippen molar-refractivity contribution in [1.82, 2.24) is 9.97 Å². The van der Waals surface area contributed by atoms with Gasteiger partial charge in [-0.15, -0.1) is 0 Å². The summed E-state index contributed by atoms with van der Waals surface area (Å²) in [6.07, 6.45) is 0.435. The number of aliphatic carboxylic acids is 1. The number of carboxylic acid groups (broad SMARTS) is 1. The van der Waals surface area contributed by atoms with Gasteiger partial charge in [0.2, 0.25) is 0 Å². The molecule has 1 aromatic rings. The van der Waals surface area contributed by atoms with Gasteiger partial charge in [0.05, 0.1) is 0 Å². The van der Waals surface area contributed by atoms with Gasteiger partial charge in [-0.3, -0.25) is 4.79 Å². The quantitative estimate of drug-likeness (QED) is 0.755. The van der Waals surface area contributed by atoms with Crippen LogP contribution in [-0.4, -0.2) is 39.7 Å². The predicted octanol–water partition coefficient (Wildman–Crippen LogP) is 0.0856. The Morgan fingerprint density at radius 3 is 2.76 bits per heavy atom. The Labute approximate surface area is 99.5 Å². The summed E-state index contributed by atoms with van der Waals surface area (Å²) in [5.74, 6) is 0.482. The second-order valence-electron chi connectivity index (χ2n) is 4.55. The predicted molar refractivity (Wildman–Crippen MR) is 62.9 cm³/mol. The molecule has 0 aromatic carbocycles. The lowest BCUT2D eigenvalue weighted by molar-refractivity contribution is -0.142. The van der Waals surface area contributed by atoms with Gasteiger partial charge in [-0.2, -0.15) is 0 Å². The van der Waals surface area contributed by atoms with E-state index in [1.807, 2.05) is 24.8 Å². The molecule has 3 N–H and O–H groups in total. The zero-order valence-electron chi connectivity index (χ0n) is 9.97. The molecular formula is C11H16N4O2. The lowest BCUT2D eigenvalue weighted by Crippen LogP contribution is -2.50. The molecule has 17 heavy (non-hydrogen) atoms. The van der Waals surface area contributed by atoms with Crippen LogP contribution in [0.4, 0.5) is 5.82 Å². The summed E-state index contributed by atoms with van der Waals surface area (Å²) in [6.45, 7) is 4.61. The van der Waals surface area contributed by atoms with Crippen molar-refractivity contribution in [3.8, 4) is 0 Å². The molecule has 0 bridgehead atoms. The molecule has 1 aliphatic rings. The topological polar surface area (TPSA) is 92.3 Å². The first-order chi connectivity index (χ1) is 7.90. The van der Waals surface area contributed by atoms with Crippen LogP contribution in [0, 0.1) is 13.8 Å². The monoisotopic (exact) mass is 236 g/mol. The first-order valence-corrected chi connectivity index (χ1v) is 5.50. The van der Waals surface area contributed by atoms with Crippen molar-refractivity contribution in [3.05, 3.63) is 17.6 Å². The van der Waals surface area contributed by atoms with Gasteiger partial charge in [-0.1, -0.05) is 0 Å². The lowest BCUT2D eigenvalue weighted by atomic mass is 10.0. The fourth-order valence-corrected chi connectivity index (χ4v) is 2.06. The first-order valence-electron chi connectivity index (χ1n) is 5.50. The summed E-state index contributed by atoms with van der Waals surface area (Å²) in [5, 5.41) is 9.06. The van der Waals surface area contributed by atoms with Gasteiger partial charge in [0.25, 0.3) is 0 Å². The van der Waals surface area contributed by atoms with E-state index in [1.165, 1.54) is 0 Å². The number of anilines is 1. The van der Waals surface area contributed by atoms with Gasteiger partial charge in [0.1, 0.15) is 17.2 Å². The molecule has 92 valence electrons. The van der Waals surface area contributed by atoms with Crippen molar-refractivity contribution in [2.45, 2.75) is 25.8 Å². The number of carbonyl (C=O) groups is 1. The van der Waals surface area contributed by atoms with Crippen LogP contribution in [0.3, 0.4) is 0 Å². The van der Waals surface area contributed by atoms with E-state index in [4.69, 9.17) is 10.8 Å². The average Bonchev–Trinajstić information content (AvgIpc) is 2.61. The van der Waals surface area contributed by atoms with Gasteiger partial charge < -0.3 is 15.7 Å². The zero-order valence-corrected chi connectivity index (χ0v) is 9.97. The van der Waals surface area contributed by atoms with E-state index < -0.39 is 11.5 Å². The van der Waals surface area contributed by atoms with Crippen molar-refractivity contribution in [2.75, 3.05) is 18.0 Å². The van der Waals surface area contributed by atoms with Crippen molar-refractivity contribution >= 4 is 11.8 Å². The van der Waals surface area contributed by atoms with Crippen molar-refractivity contribution in [1.29, 1.82) is 0 Å². The molecule has 2 heterocycles. The second kappa shape index (κ2) is 3.96. The van der Waals surface area contributed by atoms with E-state index in [0.29, 0.717) is 18.8 Å². The van der Waals surface area contributed by atoms with Gasteiger partial charge in [0, 0.05) is 24.8 Å². The molecule has 0 amide bonds. The maximum Gasteiger partial charge on any atom is 0.325 e. The number of hydrogen-bond donors (Lipinski definition) is 2. The van der Waals surface area contributed by atoms with Crippen LogP contribution in [0.25, 0.3) is 0 Å². The highest BCUT2D eigenvalue weighted by Gasteiger charge is 2.41. The third kappa shape index (κ3) is 2.21. The molecule has 0 spiro atoms. The number of nitrogens with two attached hydrogens (primary N) is 1. The molecule has 1 fully saturated rings. The summed E-state index contributed by atoms with van der Waals surface area (Å²) < 4.78 is 0. The fourth-order valence-electron chi connectivity index (χ4n) is 2.06. The Morgan fingerprint density at radius 2 is 2.24 bits per heavy atom. The van der Waals surface area contributed by atoms with E-state index in [1.54, 1.807) is 0 Å². The summed E-state index contributed by atoms with van der Waals surface area (Å²) in [4.78, 5) is 21.4. The Balaban J connectivity index is 2.23.